The number of ether oxygens (including phenoxy) is 1. The van der Waals surface area contributed by atoms with E-state index in [1.165, 1.54) is 18.3 Å². The van der Waals surface area contributed by atoms with E-state index in [1.807, 2.05) is 0 Å². The van der Waals surface area contributed by atoms with Crippen LogP contribution in [0.2, 0.25) is 0 Å². The van der Waals surface area contributed by atoms with Crippen molar-refractivity contribution in [1.29, 1.82) is 0 Å². The van der Waals surface area contributed by atoms with Crippen LogP contribution in [0.5, 0.6) is 0 Å². The predicted octanol–water partition coefficient (Wildman–Crippen LogP) is 1.36. The van der Waals surface area contributed by atoms with Crippen molar-refractivity contribution in [1.82, 2.24) is 5.01 Å². The minimum Gasteiger partial charge on any atom is -0.443 e. The number of hydrogen-bond acceptors (Lipinski definition) is 6. The fourth-order valence-electron chi connectivity index (χ4n) is 1.32. The van der Waals surface area contributed by atoms with Crippen LogP contribution < -0.4 is 0 Å². The molecule has 0 radical (unpaired) electrons. The molecule has 90 valence electrons. The SMILES string of the molecule is CC1CN(/N=C/c2ccc([N+](=O)[O-])o2)C(=O)O1. The maximum atomic E-state index is 11.2. The van der Waals surface area contributed by atoms with Crippen LogP contribution in [-0.2, 0) is 4.74 Å². The summed E-state index contributed by atoms with van der Waals surface area (Å²) in [4.78, 5) is 20.9. The highest BCUT2D eigenvalue weighted by Gasteiger charge is 2.27. The molecule has 0 bridgehead atoms. The van der Waals surface area contributed by atoms with E-state index >= 15 is 0 Å². The summed E-state index contributed by atoms with van der Waals surface area (Å²) >= 11 is 0. The molecular weight excluding hydrogens is 230 g/mol. The number of carbonyl (C=O) groups is 1. The van der Waals surface area contributed by atoms with Crippen LogP contribution in [0, 0.1) is 10.1 Å². The zero-order chi connectivity index (χ0) is 12.4. The molecule has 8 nitrogen and oxygen atoms in total. The number of carbonyl (C=O) groups excluding carboxylic acids is 1. The Bertz CT molecular complexity index is 481. The van der Waals surface area contributed by atoms with Gasteiger partial charge in [-0.1, -0.05) is 0 Å². The summed E-state index contributed by atoms with van der Waals surface area (Å²) in [5.74, 6) is -0.173. The maximum absolute atomic E-state index is 11.2. The van der Waals surface area contributed by atoms with Crippen LogP contribution in [-0.4, -0.2) is 34.9 Å². The Hall–Kier alpha value is -2.38. The second-order valence-electron chi connectivity index (χ2n) is 3.45. The first-order valence-electron chi connectivity index (χ1n) is 4.82. The van der Waals surface area contributed by atoms with E-state index in [4.69, 9.17) is 9.15 Å². The topological polar surface area (TPSA) is 98.2 Å². The minimum absolute atomic E-state index is 0.198. The van der Waals surface area contributed by atoms with Crippen molar-refractivity contribution in [3.05, 3.63) is 28.0 Å². The summed E-state index contributed by atoms with van der Waals surface area (Å²) in [7, 11) is 0. The Labute approximate surface area is 95.6 Å². The van der Waals surface area contributed by atoms with E-state index < -0.39 is 11.0 Å². The molecule has 1 unspecified atom stereocenters. The molecule has 1 atom stereocenters. The van der Waals surface area contributed by atoms with E-state index in [1.54, 1.807) is 6.92 Å². The van der Waals surface area contributed by atoms with Gasteiger partial charge in [0.15, 0.2) is 5.76 Å². The number of nitro groups is 1. The van der Waals surface area contributed by atoms with Crippen LogP contribution in [0.1, 0.15) is 12.7 Å². The monoisotopic (exact) mass is 239 g/mol. The van der Waals surface area contributed by atoms with E-state index in [9.17, 15) is 14.9 Å². The highest BCUT2D eigenvalue weighted by Crippen LogP contribution is 2.15. The number of hydrazone groups is 1. The average Bonchev–Trinajstić information content (AvgIpc) is 2.82. The third-order valence-electron chi connectivity index (χ3n) is 2.06. The lowest BCUT2D eigenvalue weighted by atomic mass is 10.4. The maximum Gasteiger partial charge on any atom is 0.433 e. The van der Waals surface area contributed by atoms with Crippen LogP contribution in [0.4, 0.5) is 10.7 Å². The molecule has 0 N–H and O–H groups in total. The molecule has 0 saturated carbocycles. The van der Waals surface area contributed by atoms with Gasteiger partial charge in [-0.15, -0.1) is 0 Å². The molecule has 2 rings (SSSR count). The van der Waals surface area contributed by atoms with Gasteiger partial charge in [0.2, 0.25) is 0 Å². The van der Waals surface area contributed by atoms with Gasteiger partial charge in [0.25, 0.3) is 0 Å². The lowest BCUT2D eigenvalue weighted by Crippen LogP contribution is -2.18. The van der Waals surface area contributed by atoms with Gasteiger partial charge in [0, 0.05) is 0 Å². The van der Waals surface area contributed by atoms with Crippen LogP contribution >= 0.6 is 0 Å². The number of nitrogens with zero attached hydrogens (tertiary/aromatic N) is 3. The first-order valence-corrected chi connectivity index (χ1v) is 4.82. The minimum atomic E-state index is -0.649. The van der Waals surface area contributed by atoms with E-state index in [0.717, 1.165) is 5.01 Å². The number of rotatable bonds is 3. The van der Waals surface area contributed by atoms with Crippen molar-refractivity contribution in [2.24, 2.45) is 5.10 Å². The Morgan fingerprint density at radius 2 is 2.41 bits per heavy atom. The molecule has 8 heteroatoms. The summed E-state index contributed by atoms with van der Waals surface area (Å²) in [6.45, 7) is 2.09. The van der Waals surface area contributed by atoms with Gasteiger partial charge in [0.1, 0.15) is 11.0 Å². The average molecular weight is 239 g/mol. The predicted molar refractivity (Wildman–Crippen MR) is 55.6 cm³/mol. The summed E-state index contributed by atoms with van der Waals surface area (Å²) in [5.41, 5.74) is 0. The number of hydrogen-bond donors (Lipinski definition) is 0. The van der Waals surface area contributed by atoms with Gasteiger partial charge < -0.3 is 9.15 Å². The quantitative estimate of drug-likeness (QED) is 0.450. The lowest BCUT2D eigenvalue weighted by Gasteiger charge is -2.02. The second-order valence-corrected chi connectivity index (χ2v) is 3.45. The largest absolute Gasteiger partial charge is 0.443 e. The Morgan fingerprint density at radius 3 is 2.94 bits per heavy atom. The molecule has 1 aromatic rings. The molecule has 2 heterocycles. The van der Waals surface area contributed by atoms with E-state index in [-0.39, 0.29) is 17.7 Å². The van der Waals surface area contributed by atoms with Crippen molar-refractivity contribution in [3.8, 4) is 0 Å². The summed E-state index contributed by atoms with van der Waals surface area (Å²) in [6, 6.07) is 2.61. The number of amides is 1. The van der Waals surface area contributed by atoms with E-state index in [2.05, 4.69) is 5.10 Å². The van der Waals surface area contributed by atoms with Gasteiger partial charge in [-0.05, 0) is 13.0 Å². The van der Waals surface area contributed by atoms with Crippen molar-refractivity contribution in [3.63, 3.8) is 0 Å². The highest BCUT2D eigenvalue weighted by atomic mass is 16.6. The van der Waals surface area contributed by atoms with Gasteiger partial charge >= 0.3 is 12.0 Å². The number of cyclic esters (lactones) is 1. The molecular formula is C9H9N3O5. The zero-order valence-electron chi connectivity index (χ0n) is 8.90. The molecule has 17 heavy (non-hydrogen) atoms. The molecule has 1 fully saturated rings. The van der Waals surface area contributed by atoms with Gasteiger partial charge in [-0.2, -0.15) is 10.1 Å². The summed E-state index contributed by atoms with van der Waals surface area (Å²) in [6.07, 6.45) is 0.465. The van der Waals surface area contributed by atoms with Crippen molar-refractivity contribution in [2.45, 2.75) is 13.0 Å². The van der Waals surface area contributed by atoms with Crippen LogP contribution in [0.3, 0.4) is 0 Å². The Kier molecular flexibility index (Phi) is 2.77. The molecule has 0 spiro atoms. The Balaban J connectivity index is 2.05. The molecule has 1 saturated heterocycles. The van der Waals surface area contributed by atoms with Crippen molar-refractivity contribution < 1.29 is 18.9 Å². The second kappa shape index (κ2) is 4.24. The summed E-state index contributed by atoms with van der Waals surface area (Å²) in [5, 5.41) is 15.3. The van der Waals surface area contributed by atoms with Gasteiger partial charge in [-0.3, -0.25) is 10.1 Å². The third-order valence-corrected chi connectivity index (χ3v) is 2.06. The fourth-order valence-corrected chi connectivity index (χ4v) is 1.32. The lowest BCUT2D eigenvalue weighted by molar-refractivity contribution is -0.402. The van der Waals surface area contributed by atoms with Crippen molar-refractivity contribution in [2.75, 3.05) is 6.54 Å². The molecule has 1 aliphatic heterocycles. The van der Waals surface area contributed by atoms with Crippen molar-refractivity contribution >= 4 is 18.2 Å². The number of furan rings is 1. The normalized spacial score (nSPS) is 19.9. The van der Waals surface area contributed by atoms with Crippen LogP contribution in [0.15, 0.2) is 21.7 Å². The zero-order valence-corrected chi connectivity index (χ0v) is 8.90. The molecule has 0 aromatic carbocycles. The van der Waals surface area contributed by atoms with Gasteiger partial charge in [-0.25, -0.2) is 4.79 Å². The Morgan fingerprint density at radius 1 is 1.65 bits per heavy atom. The first kappa shape index (κ1) is 11.1. The molecule has 1 aliphatic rings. The van der Waals surface area contributed by atoms with Gasteiger partial charge in [0.05, 0.1) is 18.8 Å². The first-order chi connectivity index (χ1) is 8.06. The van der Waals surface area contributed by atoms with Crippen LogP contribution in [0.25, 0.3) is 0 Å². The third kappa shape index (κ3) is 2.41. The molecule has 1 aromatic heterocycles. The summed E-state index contributed by atoms with van der Waals surface area (Å²) < 4.78 is 9.68. The smallest absolute Gasteiger partial charge is 0.433 e. The fraction of sp³-hybridized carbons (Fsp3) is 0.333. The standard InChI is InChI=1S/C9H9N3O5/c1-6-5-11(9(13)16-6)10-4-7-2-3-8(17-7)12(14)15/h2-4,6H,5H2,1H3/b10-4+. The molecule has 0 aliphatic carbocycles. The van der Waals surface area contributed by atoms with E-state index in [0.29, 0.717) is 6.54 Å². The molecule has 1 amide bonds. The highest BCUT2D eigenvalue weighted by molar-refractivity contribution is 5.78.